The Kier molecular flexibility index (Phi) is 7.60. The summed E-state index contributed by atoms with van der Waals surface area (Å²) < 4.78 is 5.40. The third-order valence-corrected chi connectivity index (χ3v) is 5.71. The van der Waals surface area contributed by atoms with E-state index in [1.165, 1.54) is 36.8 Å². The van der Waals surface area contributed by atoms with Gasteiger partial charge in [-0.1, -0.05) is 13.0 Å². The van der Waals surface area contributed by atoms with Crippen molar-refractivity contribution in [2.45, 2.75) is 44.4 Å². The van der Waals surface area contributed by atoms with E-state index in [1.807, 2.05) is 11.3 Å². The molecule has 2 unspecified atom stereocenters. The molecule has 1 aliphatic rings. The molecule has 0 amide bonds. The highest BCUT2D eigenvalue weighted by Gasteiger charge is 2.24. The molecule has 0 bridgehead atoms. The smallest absolute Gasteiger partial charge is 0.119 e. The molecule has 0 saturated carbocycles. The highest BCUT2D eigenvalue weighted by Crippen LogP contribution is 2.39. The van der Waals surface area contributed by atoms with Crippen LogP contribution < -0.4 is 10.1 Å². The largest absolute Gasteiger partial charge is 0.497 e. The van der Waals surface area contributed by atoms with Gasteiger partial charge in [0.1, 0.15) is 5.75 Å². The molecule has 0 spiro atoms. The number of nitrogens with one attached hydrogen (secondary N) is 1. The maximum absolute atomic E-state index is 5.40. The molecule has 3 rings (SSSR count). The number of benzene rings is 1. The van der Waals surface area contributed by atoms with Crippen molar-refractivity contribution in [3.05, 3.63) is 51.7 Å². The van der Waals surface area contributed by atoms with Gasteiger partial charge in [0.15, 0.2) is 0 Å². The number of aryl methyl sites for hydroxylation is 1. The Balaban J connectivity index is 0.00000208. The third kappa shape index (κ3) is 4.53. The van der Waals surface area contributed by atoms with Gasteiger partial charge in [-0.05, 0) is 89.7 Å². The number of likely N-dealkylation sites (N-methyl/N-ethyl adjacent to an activating group) is 1. The van der Waals surface area contributed by atoms with Gasteiger partial charge < -0.3 is 10.1 Å². The Morgan fingerprint density at radius 3 is 2.92 bits per heavy atom. The third-order valence-electron chi connectivity index (χ3n) is 5.01. The van der Waals surface area contributed by atoms with E-state index in [0.29, 0.717) is 11.8 Å². The maximum atomic E-state index is 5.40. The van der Waals surface area contributed by atoms with Gasteiger partial charge in [-0.3, -0.25) is 0 Å². The number of rotatable bonds is 7. The van der Waals surface area contributed by atoms with Crippen molar-refractivity contribution < 1.29 is 4.74 Å². The van der Waals surface area contributed by atoms with Crippen LogP contribution >= 0.6 is 23.7 Å². The van der Waals surface area contributed by atoms with E-state index in [0.717, 1.165) is 18.8 Å². The van der Waals surface area contributed by atoms with E-state index < -0.39 is 0 Å². The molecule has 0 aliphatic heterocycles. The van der Waals surface area contributed by atoms with E-state index in [4.69, 9.17) is 4.74 Å². The highest BCUT2D eigenvalue weighted by molar-refractivity contribution is 7.07. The lowest BCUT2D eigenvalue weighted by molar-refractivity contribution is 0.411. The fraction of sp³-hybridized carbons (Fsp3) is 0.500. The molecule has 2 aromatic rings. The van der Waals surface area contributed by atoms with Crippen LogP contribution in [0.15, 0.2) is 35.0 Å². The van der Waals surface area contributed by atoms with Crippen LogP contribution in [0.2, 0.25) is 0 Å². The zero-order chi connectivity index (χ0) is 16.1. The second-order valence-corrected chi connectivity index (χ2v) is 7.23. The van der Waals surface area contributed by atoms with Gasteiger partial charge in [0.2, 0.25) is 0 Å². The van der Waals surface area contributed by atoms with Crippen molar-refractivity contribution in [2.75, 3.05) is 20.2 Å². The van der Waals surface area contributed by atoms with Crippen LogP contribution in [0.5, 0.6) is 5.75 Å². The first-order chi connectivity index (χ1) is 11.3. The molecular weight excluding hydrogens is 338 g/mol. The molecule has 132 valence electrons. The molecule has 2 atom stereocenters. The van der Waals surface area contributed by atoms with Crippen molar-refractivity contribution in [3.8, 4) is 5.75 Å². The van der Waals surface area contributed by atoms with Gasteiger partial charge in [0.05, 0.1) is 7.11 Å². The van der Waals surface area contributed by atoms with Gasteiger partial charge in [0.25, 0.3) is 0 Å². The zero-order valence-electron chi connectivity index (χ0n) is 14.6. The molecule has 1 aromatic carbocycles. The van der Waals surface area contributed by atoms with Crippen LogP contribution in [0.3, 0.4) is 0 Å². The number of ether oxygens (including phenoxy) is 1. The van der Waals surface area contributed by atoms with E-state index in [-0.39, 0.29) is 12.4 Å². The average molecular weight is 366 g/mol. The lowest BCUT2D eigenvalue weighted by Crippen LogP contribution is -2.23. The molecule has 1 heterocycles. The topological polar surface area (TPSA) is 21.3 Å². The quantitative estimate of drug-likeness (QED) is 0.711. The normalized spacial score (nSPS) is 17.7. The summed E-state index contributed by atoms with van der Waals surface area (Å²) in [6.45, 7) is 4.31. The molecule has 24 heavy (non-hydrogen) atoms. The van der Waals surface area contributed by atoms with Crippen LogP contribution in [0.25, 0.3) is 0 Å². The minimum atomic E-state index is 0. The Hall–Kier alpha value is -1.03. The minimum Gasteiger partial charge on any atom is -0.497 e. The van der Waals surface area contributed by atoms with Gasteiger partial charge in [-0.15, -0.1) is 12.4 Å². The molecule has 0 fully saturated rings. The standard InChI is InChI=1S/C20H27NOS.ClH/c1-3-21-13-18(17-9-10-23-14-17)11-15-5-4-6-16-12-19(22-2)7-8-20(15)16;/h7-10,12,14-15,18,21H,3-6,11,13H2,1-2H3;1H. The number of halogens is 1. The van der Waals surface area contributed by atoms with Crippen molar-refractivity contribution in [1.82, 2.24) is 5.32 Å². The molecule has 1 N–H and O–H groups in total. The predicted octanol–water partition coefficient (Wildman–Crippen LogP) is 5.38. The monoisotopic (exact) mass is 365 g/mol. The fourth-order valence-electron chi connectivity index (χ4n) is 3.77. The Morgan fingerprint density at radius 2 is 2.21 bits per heavy atom. The Labute approximate surface area is 156 Å². The predicted molar refractivity (Wildman–Crippen MR) is 106 cm³/mol. The van der Waals surface area contributed by atoms with Crippen LogP contribution in [0, 0.1) is 0 Å². The van der Waals surface area contributed by atoms with Crippen LogP contribution in [-0.2, 0) is 6.42 Å². The van der Waals surface area contributed by atoms with Crippen molar-refractivity contribution in [2.24, 2.45) is 0 Å². The van der Waals surface area contributed by atoms with E-state index >= 15 is 0 Å². The molecule has 1 aromatic heterocycles. The lowest BCUT2D eigenvalue weighted by Gasteiger charge is -2.29. The SMILES string of the molecule is CCNCC(CC1CCCc2cc(OC)ccc21)c1ccsc1.Cl. The van der Waals surface area contributed by atoms with Gasteiger partial charge in [0, 0.05) is 6.54 Å². The van der Waals surface area contributed by atoms with Crippen LogP contribution in [0.4, 0.5) is 0 Å². The number of hydrogen-bond acceptors (Lipinski definition) is 3. The Bertz CT molecular complexity index is 614. The molecule has 0 radical (unpaired) electrons. The molecule has 2 nitrogen and oxygen atoms in total. The fourth-order valence-corrected chi connectivity index (χ4v) is 4.51. The first-order valence-corrected chi connectivity index (χ1v) is 9.65. The summed E-state index contributed by atoms with van der Waals surface area (Å²) in [5.41, 5.74) is 4.54. The van der Waals surface area contributed by atoms with Crippen LogP contribution in [0.1, 0.15) is 54.7 Å². The molecule has 1 aliphatic carbocycles. The number of fused-ring (bicyclic) bond motifs is 1. The Morgan fingerprint density at radius 1 is 1.33 bits per heavy atom. The molecule has 4 heteroatoms. The van der Waals surface area contributed by atoms with Crippen molar-refractivity contribution >= 4 is 23.7 Å². The minimum absolute atomic E-state index is 0. The molecular formula is C20H28ClNOS. The number of methoxy groups -OCH3 is 1. The van der Waals surface area contributed by atoms with Crippen molar-refractivity contribution in [1.29, 1.82) is 0 Å². The van der Waals surface area contributed by atoms with Gasteiger partial charge in [-0.2, -0.15) is 11.3 Å². The van der Waals surface area contributed by atoms with Gasteiger partial charge >= 0.3 is 0 Å². The lowest BCUT2D eigenvalue weighted by atomic mass is 9.77. The summed E-state index contributed by atoms with van der Waals surface area (Å²) in [5, 5.41) is 8.07. The summed E-state index contributed by atoms with van der Waals surface area (Å²) in [4.78, 5) is 0. The van der Waals surface area contributed by atoms with Crippen molar-refractivity contribution in [3.63, 3.8) is 0 Å². The van der Waals surface area contributed by atoms with E-state index in [1.54, 1.807) is 12.7 Å². The number of hydrogen-bond donors (Lipinski definition) is 1. The average Bonchev–Trinajstić information content (AvgIpc) is 3.12. The van der Waals surface area contributed by atoms with Gasteiger partial charge in [-0.25, -0.2) is 0 Å². The second-order valence-electron chi connectivity index (χ2n) is 6.45. The summed E-state index contributed by atoms with van der Waals surface area (Å²) in [6, 6.07) is 8.97. The first-order valence-electron chi connectivity index (χ1n) is 8.71. The second kappa shape index (κ2) is 9.45. The van der Waals surface area contributed by atoms with E-state index in [2.05, 4.69) is 47.3 Å². The number of thiophene rings is 1. The zero-order valence-corrected chi connectivity index (χ0v) is 16.2. The summed E-state index contributed by atoms with van der Waals surface area (Å²) in [6.07, 6.45) is 5.04. The summed E-state index contributed by atoms with van der Waals surface area (Å²) >= 11 is 1.81. The highest BCUT2D eigenvalue weighted by atomic mass is 35.5. The maximum Gasteiger partial charge on any atom is 0.119 e. The van der Waals surface area contributed by atoms with Crippen LogP contribution in [-0.4, -0.2) is 20.2 Å². The van der Waals surface area contributed by atoms with E-state index in [9.17, 15) is 0 Å². The molecule has 0 saturated heterocycles. The summed E-state index contributed by atoms with van der Waals surface area (Å²) in [5.74, 6) is 2.28. The summed E-state index contributed by atoms with van der Waals surface area (Å²) in [7, 11) is 1.76. The first kappa shape index (κ1) is 19.3.